The number of aliphatic hydroxyl groups excluding tert-OH is 1. The van der Waals surface area contributed by atoms with Gasteiger partial charge in [0.25, 0.3) is 0 Å². The molecule has 1 amide bonds. The molecule has 2 aromatic carbocycles. The van der Waals surface area contributed by atoms with Crippen LogP contribution in [0, 0.1) is 0 Å². The van der Waals surface area contributed by atoms with Crippen molar-refractivity contribution in [2.75, 3.05) is 96.0 Å². The van der Waals surface area contributed by atoms with Crippen LogP contribution >= 0.6 is 0 Å². The summed E-state index contributed by atoms with van der Waals surface area (Å²) in [6, 6.07) is 12.8. The summed E-state index contributed by atoms with van der Waals surface area (Å²) in [6.07, 6.45) is 1.25. The van der Waals surface area contributed by atoms with Gasteiger partial charge in [-0.25, -0.2) is 0 Å². The first-order valence-electron chi connectivity index (χ1n) is 13.6. The number of rotatable bonds is 7. The van der Waals surface area contributed by atoms with Crippen LogP contribution in [0.2, 0.25) is 0 Å². The van der Waals surface area contributed by atoms with Crippen molar-refractivity contribution < 1.29 is 14.6 Å². The third-order valence-electron chi connectivity index (χ3n) is 8.21. The van der Waals surface area contributed by atoms with Gasteiger partial charge in [-0.05, 0) is 43.3 Å². The molecule has 8 nitrogen and oxygen atoms in total. The molecule has 2 saturated heterocycles. The fourth-order valence-corrected chi connectivity index (χ4v) is 5.86. The maximum Gasteiger partial charge on any atom is 0.227 e. The molecule has 0 unspecified atom stereocenters. The highest BCUT2D eigenvalue weighted by molar-refractivity contribution is 5.80. The molecule has 2 aromatic rings. The molecule has 0 saturated carbocycles. The van der Waals surface area contributed by atoms with Crippen LogP contribution in [0.1, 0.15) is 16.7 Å². The van der Waals surface area contributed by atoms with Gasteiger partial charge in [0, 0.05) is 94.5 Å². The molecule has 37 heavy (non-hydrogen) atoms. The number of benzene rings is 2. The minimum atomic E-state index is 0.183. The second kappa shape index (κ2) is 11.7. The molecule has 0 bridgehead atoms. The lowest BCUT2D eigenvalue weighted by molar-refractivity contribution is -0.131. The van der Waals surface area contributed by atoms with Crippen LogP contribution in [0.5, 0.6) is 5.75 Å². The average Bonchev–Trinajstić information content (AvgIpc) is 2.94. The van der Waals surface area contributed by atoms with Crippen LogP contribution in [0.3, 0.4) is 0 Å². The van der Waals surface area contributed by atoms with Crippen molar-refractivity contribution in [2.45, 2.75) is 19.4 Å². The number of piperazine rings is 2. The molecule has 0 aliphatic carbocycles. The van der Waals surface area contributed by atoms with Gasteiger partial charge >= 0.3 is 0 Å². The highest BCUT2D eigenvalue weighted by Gasteiger charge is 2.28. The lowest BCUT2D eigenvalue weighted by atomic mass is 9.95. The van der Waals surface area contributed by atoms with Crippen molar-refractivity contribution in [3.05, 3.63) is 53.1 Å². The Hall–Kier alpha value is -2.81. The van der Waals surface area contributed by atoms with Gasteiger partial charge in [0.2, 0.25) is 5.91 Å². The number of hydrogen-bond donors (Lipinski definition) is 1. The molecule has 0 spiro atoms. The number of fused-ring (bicyclic) bond motifs is 1. The van der Waals surface area contributed by atoms with E-state index in [9.17, 15) is 4.79 Å². The highest BCUT2D eigenvalue weighted by Crippen LogP contribution is 2.36. The molecule has 5 rings (SSSR count). The molecule has 0 atom stereocenters. The van der Waals surface area contributed by atoms with Gasteiger partial charge < -0.3 is 29.4 Å². The van der Waals surface area contributed by atoms with E-state index in [-0.39, 0.29) is 12.5 Å². The van der Waals surface area contributed by atoms with Crippen molar-refractivity contribution >= 4 is 17.3 Å². The summed E-state index contributed by atoms with van der Waals surface area (Å²) >= 11 is 0. The Morgan fingerprint density at radius 1 is 0.865 bits per heavy atom. The van der Waals surface area contributed by atoms with Gasteiger partial charge in [0.05, 0.1) is 20.1 Å². The molecular formula is C29H41N5O3. The summed E-state index contributed by atoms with van der Waals surface area (Å²) in [7, 11) is 3.91. The zero-order valence-corrected chi connectivity index (χ0v) is 22.4. The number of carbonyl (C=O) groups is 1. The van der Waals surface area contributed by atoms with Gasteiger partial charge in [-0.3, -0.25) is 9.69 Å². The van der Waals surface area contributed by atoms with E-state index in [1.807, 2.05) is 4.90 Å². The SMILES string of the molecule is COc1ccc(N2CCN(C)CC2)c2c1CCN(C(=O)Cc1ccc(N3CCN(CCO)CC3)cc1)C2. The van der Waals surface area contributed by atoms with Gasteiger partial charge in [0.15, 0.2) is 0 Å². The number of methoxy groups -OCH3 is 1. The van der Waals surface area contributed by atoms with Crippen LogP contribution in [0.4, 0.5) is 11.4 Å². The summed E-state index contributed by atoms with van der Waals surface area (Å²) in [5.41, 5.74) is 6.02. The molecule has 3 aliphatic heterocycles. The summed E-state index contributed by atoms with van der Waals surface area (Å²) in [6.45, 7) is 10.3. The molecule has 2 fully saturated rings. The second-order valence-electron chi connectivity index (χ2n) is 10.5. The Balaban J connectivity index is 1.23. The van der Waals surface area contributed by atoms with Crippen molar-refractivity contribution in [3.8, 4) is 5.75 Å². The van der Waals surface area contributed by atoms with E-state index in [1.54, 1.807) is 7.11 Å². The van der Waals surface area contributed by atoms with E-state index in [0.29, 0.717) is 13.0 Å². The van der Waals surface area contributed by atoms with E-state index in [4.69, 9.17) is 9.84 Å². The molecule has 0 radical (unpaired) electrons. The monoisotopic (exact) mass is 507 g/mol. The van der Waals surface area contributed by atoms with Crippen molar-refractivity contribution in [1.82, 2.24) is 14.7 Å². The summed E-state index contributed by atoms with van der Waals surface area (Å²) in [4.78, 5) is 24.9. The van der Waals surface area contributed by atoms with Gasteiger partial charge in [0.1, 0.15) is 5.75 Å². The normalized spacial score (nSPS) is 19.2. The molecule has 8 heteroatoms. The van der Waals surface area contributed by atoms with Crippen LogP contribution in [0.25, 0.3) is 0 Å². The predicted octanol–water partition coefficient (Wildman–Crippen LogP) is 1.69. The highest BCUT2D eigenvalue weighted by atomic mass is 16.5. The molecule has 200 valence electrons. The van der Waals surface area contributed by atoms with Gasteiger partial charge in [-0.1, -0.05) is 12.1 Å². The quantitative estimate of drug-likeness (QED) is 0.612. The number of amides is 1. The lowest BCUT2D eigenvalue weighted by Crippen LogP contribution is -2.47. The number of likely N-dealkylation sites (N-methyl/N-ethyl adjacent to an activating group) is 1. The number of ether oxygens (including phenoxy) is 1. The molecule has 3 aliphatic rings. The fourth-order valence-electron chi connectivity index (χ4n) is 5.86. The molecule has 0 aromatic heterocycles. The first-order valence-corrected chi connectivity index (χ1v) is 13.6. The largest absolute Gasteiger partial charge is 0.496 e. The zero-order valence-electron chi connectivity index (χ0n) is 22.4. The van der Waals surface area contributed by atoms with Crippen molar-refractivity contribution in [3.63, 3.8) is 0 Å². The Morgan fingerprint density at radius 2 is 1.57 bits per heavy atom. The summed E-state index contributed by atoms with van der Waals surface area (Å²) in [5, 5.41) is 9.16. The zero-order chi connectivity index (χ0) is 25.8. The molecule has 1 N–H and O–H groups in total. The minimum Gasteiger partial charge on any atom is -0.496 e. The molecular weight excluding hydrogens is 466 g/mol. The number of β-amino-alcohol motifs (C(OH)–C–C–N with tert-alkyl or cyclic N) is 1. The van der Waals surface area contributed by atoms with Crippen LogP contribution < -0.4 is 14.5 Å². The lowest BCUT2D eigenvalue weighted by Gasteiger charge is -2.38. The van der Waals surface area contributed by atoms with Crippen LogP contribution in [-0.4, -0.2) is 112 Å². The number of carbonyl (C=O) groups excluding carboxylic acids is 1. The van der Waals surface area contributed by atoms with Gasteiger partial charge in [-0.15, -0.1) is 0 Å². The number of aliphatic hydroxyl groups is 1. The maximum atomic E-state index is 13.4. The van der Waals surface area contributed by atoms with Crippen molar-refractivity contribution in [2.24, 2.45) is 0 Å². The second-order valence-corrected chi connectivity index (χ2v) is 10.5. The number of anilines is 2. The first-order chi connectivity index (χ1) is 18.1. The van der Waals surface area contributed by atoms with Gasteiger partial charge in [-0.2, -0.15) is 0 Å². The van der Waals surface area contributed by atoms with E-state index in [2.05, 4.69) is 63.0 Å². The van der Waals surface area contributed by atoms with Crippen LogP contribution in [0.15, 0.2) is 36.4 Å². The van der Waals surface area contributed by atoms with E-state index < -0.39 is 0 Å². The fraction of sp³-hybridized carbons (Fsp3) is 0.552. The number of nitrogens with zero attached hydrogens (tertiary/aromatic N) is 5. The third kappa shape index (κ3) is 5.87. The van der Waals surface area contributed by atoms with Crippen molar-refractivity contribution in [1.29, 1.82) is 0 Å². The topological polar surface area (TPSA) is 62.7 Å². The Morgan fingerprint density at radius 3 is 2.24 bits per heavy atom. The standard InChI is InChI=1S/C29H41N5O3/c1-30-11-15-33(16-12-30)27-7-8-28(37-2)25-9-10-34(22-26(25)27)29(36)21-23-3-5-24(6-4-23)32-17-13-31(14-18-32)19-20-35/h3-8,35H,9-22H2,1-2H3. The van der Waals surface area contributed by atoms with Crippen LogP contribution in [-0.2, 0) is 24.2 Å². The summed E-state index contributed by atoms with van der Waals surface area (Å²) < 4.78 is 5.69. The average molecular weight is 508 g/mol. The smallest absolute Gasteiger partial charge is 0.227 e. The third-order valence-corrected chi connectivity index (χ3v) is 8.21. The molecule has 3 heterocycles. The minimum absolute atomic E-state index is 0.183. The summed E-state index contributed by atoms with van der Waals surface area (Å²) in [5.74, 6) is 1.12. The maximum absolute atomic E-state index is 13.4. The van der Waals surface area contributed by atoms with E-state index >= 15 is 0 Å². The Labute approximate surface area is 221 Å². The Kier molecular flexibility index (Phi) is 8.17. The number of hydrogen-bond acceptors (Lipinski definition) is 7. The van der Waals surface area contributed by atoms with E-state index in [1.165, 1.54) is 22.5 Å². The first kappa shape index (κ1) is 25.8. The van der Waals surface area contributed by atoms with E-state index in [0.717, 1.165) is 83.2 Å². The Bertz CT molecular complexity index is 1060. The predicted molar refractivity (Wildman–Crippen MR) is 148 cm³/mol.